The van der Waals surface area contributed by atoms with Crippen LogP contribution in [-0.2, 0) is 10.0 Å². The zero-order valence-electron chi connectivity index (χ0n) is 13.9. The fraction of sp³-hybridized carbons (Fsp3) is 0.333. The van der Waals surface area contributed by atoms with E-state index in [0.717, 1.165) is 36.2 Å². The van der Waals surface area contributed by atoms with Gasteiger partial charge >= 0.3 is 6.36 Å². The molecule has 0 amide bonds. The van der Waals surface area contributed by atoms with Crippen LogP contribution in [0.25, 0.3) is 0 Å². The number of halogens is 3. The number of hydrogen-bond acceptors (Lipinski definition) is 3. The lowest BCUT2D eigenvalue weighted by Gasteiger charge is -2.19. The molecule has 0 saturated heterocycles. The third-order valence-corrected chi connectivity index (χ3v) is 5.87. The molecule has 1 unspecified atom stereocenters. The zero-order chi connectivity index (χ0) is 18.9. The van der Waals surface area contributed by atoms with Crippen LogP contribution >= 0.6 is 0 Å². The first-order chi connectivity index (χ1) is 12.2. The molecule has 3 atom stereocenters. The van der Waals surface area contributed by atoms with Crippen molar-refractivity contribution in [2.45, 2.75) is 30.6 Å². The van der Waals surface area contributed by atoms with Crippen LogP contribution in [0.4, 0.5) is 13.2 Å². The summed E-state index contributed by atoms with van der Waals surface area (Å²) in [5, 5.41) is 0. The Balaban J connectivity index is 1.80. The lowest BCUT2D eigenvalue weighted by molar-refractivity contribution is -0.274. The fourth-order valence-electron chi connectivity index (χ4n) is 2.93. The summed E-state index contributed by atoms with van der Waals surface area (Å²) >= 11 is 0. The van der Waals surface area contributed by atoms with Gasteiger partial charge in [-0.25, -0.2) is 13.1 Å². The van der Waals surface area contributed by atoms with E-state index < -0.39 is 22.1 Å². The molecule has 2 aromatic rings. The second-order valence-corrected chi connectivity index (χ2v) is 8.12. The maximum absolute atomic E-state index is 12.7. The van der Waals surface area contributed by atoms with Gasteiger partial charge in [-0.1, -0.05) is 37.3 Å². The molecule has 4 nitrogen and oxygen atoms in total. The summed E-state index contributed by atoms with van der Waals surface area (Å²) in [5.41, 5.74) is 0.863. The summed E-state index contributed by atoms with van der Waals surface area (Å²) in [6.07, 6.45) is -3.90. The molecule has 8 heteroatoms. The van der Waals surface area contributed by atoms with E-state index in [1.165, 1.54) is 0 Å². The minimum absolute atomic E-state index is 0.110. The highest BCUT2D eigenvalue weighted by Gasteiger charge is 2.42. The Morgan fingerprint density at radius 1 is 1.08 bits per heavy atom. The molecule has 0 spiro atoms. The van der Waals surface area contributed by atoms with Crippen molar-refractivity contribution in [2.24, 2.45) is 11.8 Å². The van der Waals surface area contributed by atoms with E-state index in [1.807, 2.05) is 30.3 Å². The third kappa shape index (κ3) is 4.56. The number of alkyl halides is 3. The molecule has 1 saturated carbocycles. The summed E-state index contributed by atoms with van der Waals surface area (Å²) < 4.78 is 68.5. The van der Waals surface area contributed by atoms with Crippen molar-refractivity contribution in [3.63, 3.8) is 0 Å². The van der Waals surface area contributed by atoms with Gasteiger partial charge in [-0.2, -0.15) is 0 Å². The number of hydrogen-bond donors (Lipinski definition) is 1. The molecule has 140 valence electrons. The Morgan fingerprint density at radius 3 is 2.15 bits per heavy atom. The Hall–Kier alpha value is -2.06. The number of benzene rings is 2. The molecule has 1 aliphatic rings. The number of nitrogens with one attached hydrogen (secondary N) is 1. The van der Waals surface area contributed by atoms with Crippen LogP contribution in [0.3, 0.4) is 0 Å². The Bertz CT molecular complexity index is 852. The molecule has 0 aromatic heterocycles. The number of sulfonamides is 1. The summed E-state index contributed by atoms with van der Waals surface area (Å²) in [6, 6.07) is 13.0. The maximum Gasteiger partial charge on any atom is 0.573 e. The van der Waals surface area contributed by atoms with E-state index in [0.29, 0.717) is 5.92 Å². The van der Waals surface area contributed by atoms with Crippen LogP contribution < -0.4 is 9.46 Å². The van der Waals surface area contributed by atoms with E-state index in [2.05, 4.69) is 16.4 Å². The van der Waals surface area contributed by atoms with Gasteiger partial charge in [-0.15, -0.1) is 13.2 Å². The number of ether oxygens (including phenoxy) is 1. The molecule has 1 fully saturated rings. The van der Waals surface area contributed by atoms with E-state index in [1.54, 1.807) is 0 Å². The van der Waals surface area contributed by atoms with Gasteiger partial charge in [0.2, 0.25) is 10.0 Å². The first kappa shape index (κ1) is 18.7. The van der Waals surface area contributed by atoms with Gasteiger partial charge in [0.05, 0.1) is 10.9 Å². The molecule has 0 aliphatic heterocycles. The van der Waals surface area contributed by atoms with Crippen molar-refractivity contribution >= 4 is 10.0 Å². The van der Waals surface area contributed by atoms with Gasteiger partial charge < -0.3 is 4.74 Å². The van der Waals surface area contributed by atoms with Gasteiger partial charge in [0.15, 0.2) is 0 Å². The minimum atomic E-state index is -4.82. The number of rotatable bonds is 6. The standard InChI is InChI=1S/C18H18F3NO3S/c1-12-11-16(12)17(13-5-3-2-4-6-13)22-26(23,24)15-9-7-14(8-10-15)25-18(19,20)21/h2-10,12,16-17,22H,11H2,1H3/t12-,16-,17?/m1/s1. The highest BCUT2D eigenvalue weighted by Crippen LogP contribution is 2.47. The van der Waals surface area contributed by atoms with E-state index >= 15 is 0 Å². The summed E-state index contributed by atoms with van der Waals surface area (Å²) in [5.74, 6) is 0.136. The molecule has 0 heterocycles. The minimum Gasteiger partial charge on any atom is -0.406 e. The van der Waals surface area contributed by atoms with Crippen LogP contribution in [0.15, 0.2) is 59.5 Å². The third-order valence-electron chi connectivity index (χ3n) is 4.41. The van der Waals surface area contributed by atoms with Crippen molar-refractivity contribution in [3.8, 4) is 5.75 Å². The summed E-state index contributed by atoms with van der Waals surface area (Å²) in [7, 11) is -3.88. The van der Waals surface area contributed by atoms with Crippen molar-refractivity contribution in [1.82, 2.24) is 4.72 Å². The smallest absolute Gasteiger partial charge is 0.406 e. The van der Waals surface area contributed by atoms with Gasteiger partial charge in [0, 0.05) is 0 Å². The topological polar surface area (TPSA) is 55.4 Å². The lowest BCUT2D eigenvalue weighted by atomic mass is 10.0. The van der Waals surface area contributed by atoms with Crippen molar-refractivity contribution in [3.05, 3.63) is 60.2 Å². The highest BCUT2D eigenvalue weighted by atomic mass is 32.2. The van der Waals surface area contributed by atoms with Gasteiger partial charge in [-0.3, -0.25) is 0 Å². The predicted molar refractivity (Wildman–Crippen MR) is 89.9 cm³/mol. The van der Waals surface area contributed by atoms with Crippen molar-refractivity contribution in [1.29, 1.82) is 0 Å². The van der Waals surface area contributed by atoms with Gasteiger partial charge in [-0.05, 0) is 48.1 Å². The molecular weight excluding hydrogens is 367 g/mol. The first-order valence-corrected chi connectivity index (χ1v) is 9.57. The molecule has 1 aliphatic carbocycles. The molecule has 1 N–H and O–H groups in total. The molecule has 26 heavy (non-hydrogen) atoms. The van der Waals surface area contributed by atoms with Crippen LogP contribution in [0.5, 0.6) is 5.75 Å². The average molecular weight is 385 g/mol. The average Bonchev–Trinajstić information content (AvgIpc) is 3.29. The Morgan fingerprint density at radius 2 is 1.65 bits per heavy atom. The van der Waals surface area contributed by atoms with E-state index in [9.17, 15) is 21.6 Å². The van der Waals surface area contributed by atoms with Crippen molar-refractivity contribution in [2.75, 3.05) is 0 Å². The lowest BCUT2D eigenvalue weighted by Crippen LogP contribution is -2.30. The van der Waals surface area contributed by atoms with Gasteiger partial charge in [0.25, 0.3) is 0 Å². The largest absolute Gasteiger partial charge is 0.573 e. The Labute approximate surface area is 150 Å². The van der Waals surface area contributed by atoms with Crippen LogP contribution in [0.1, 0.15) is 24.9 Å². The summed E-state index contributed by atoms with van der Waals surface area (Å²) in [6.45, 7) is 2.05. The summed E-state index contributed by atoms with van der Waals surface area (Å²) in [4.78, 5) is -0.110. The van der Waals surface area contributed by atoms with E-state index in [-0.39, 0.29) is 16.9 Å². The molecule has 0 radical (unpaired) electrons. The molecular formula is C18H18F3NO3S. The zero-order valence-corrected chi connectivity index (χ0v) is 14.7. The monoisotopic (exact) mass is 385 g/mol. The normalized spacial score (nSPS) is 21.2. The molecule has 3 rings (SSSR count). The van der Waals surface area contributed by atoms with Gasteiger partial charge in [0.1, 0.15) is 5.75 Å². The fourth-order valence-corrected chi connectivity index (χ4v) is 4.21. The first-order valence-electron chi connectivity index (χ1n) is 8.09. The quantitative estimate of drug-likeness (QED) is 0.808. The Kier molecular flexibility index (Phi) is 4.98. The maximum atomic E-state index is 12.7. The SMILES string of the molecule is C[C@@H]1C[C@H]1C(NS(=O)(=O)c1ccc(OC(F)(F)F)cc1)c1ccccc1. The van der Waals surface area contributed by atoms with Crippen LogP contribution in [0.2, 0.25) is 0 Å². The second-order valence-electron chi connectivity index (χ2n) is 6.41. The molecule has 0 bridgehead atoms. The van der Waals surface area contributed by atoms with Crippen LogP contribution in [-0.4, -0.2) is 14.8 Å². The van der Waals surface area contributed by atoms with E-state index in [4.69, 9.17) is 0 Å². The second kappa shape index (κ2) is 6.92. The van der Waals surface area contributed by atoms with Crippen molar-refractivity contribution < 1.29 is 26.3 Å². The highest BCUT2D eigenvalue weighted by molar-refractivity contribution is 7.89. The molecule has 2 aromatic carbocycles. The predicted octanol–water partition coefficient (Wildman–Crippen LogP) is 4.26. The van der Waals surface area contributed by atoms with Crippen LogP contribution in [0, 0.1) is 11.8 Å².